The summed E-state index contributed by atoms with van der Waals surface area (Å²) in [4.78, 5) is 11.9. The van der Waals surface area contributed by atoms with Gasteiger partial charge in [-0.1, -0.05) is 41.4 Å². The maximum absolute atomic E-state index is 11.9. The van der Waals surface area contributed by atoms with Crippen LogP contribution in [0.2, 0.25) is 10.0 Å². The Balaban J connectivity index is 1.92. The fourth-order valence-corrected chi connectivity index (χ4v) is 2.65. The Bertz CT molecular complexity index is 639. The first-order valence-corrected chi connectivity index (χ1v) is 7.39. The molecule has 116 valence electrons. The van der Waals surface area contributed by atoms with Gasteiger partial charge >= 0.3 is 0 Å². The second-order valence-corrected chi connectivity index (χ2v) is 5.61. The van der Waals surface area contributed by atoms with Crippen LogP contribution < -0.4 is 5.32 Å². The van der Waals surface area contributed by atoms with Gasteiger partial charge in [0.15, 0.2) is 0 Å². The Morgan fingerprint density at radius 1 is 1.09 bits per heavy atom. The van der Waals surface area contributed by atoms with Crippen LogP contribution in [0.1, 0.15) is 17.2 Å². The van der Waals surface area contributed by atoms with E-state index in [4.69, 9.17) is 23.2 Å². The van der Waals surface area contributed by atoms with Crippen molar-refractivity contribution < 1.29 is 15.0 Å². The zero-order valence-electron chi connectivity index (χ0n) is 11.6. The number of amides is 1. The van der Waals surface area contributed by atoms with E-state index in [9.17, 15) is 15.0 Å². The minimum Gasteiger partial charge on any atom is -0.508 e. The number of aliphatic hydroxyl groups excluding tert-OH is 1. The molecule has 4 nitrogen and oxygen atoms in total. The van der Waals surface area contributed by atoms with Gasteiger partial charge in [0.1, 0.15) is 5.75 Å². The summed E-state index contributed by atoms with van der Waals surface area (Å²) in [5.74, 6) is -0.0964. The number of hydrogen-bond acceptors (Lipinski definition) is 3. The predicted octanol–water partition coefficient (Wildman–Crippen LogP) is 3.09. The average molecular weight is 340 g/mol. The van der Waals surface area contributed by atoms with Crippen molar-refractivity contribution in [2.75, 3.05) is 6.54 Å². The Kier molecular flexibility index (Phi) is 5.66. The van der Waals surface area contributed by atoms with Gasteiger partial charge in [0.25, 0.3) is 0 Å². The van der Waals surface area contributed by atoms with Crippen LogP contribution >= 0.6 is 23.2 Å². The van der Waals surface area contributed by atoms with E-state index in [-0.39, 0.29) is 24.6 Å². The summed E-state index contributed by atoms with van der Waals surface area (Å²) in [6, 6.07) is 11.3. The monoisotopic (exact) mass is 339 g/mol. The number of carbonyl (C=O) groups is 1. The average Bonchev–Trinajstić information content (AvgIpc) is 2.47. The molecular formula is C16H15Cl2NO3. The molecule has 0 bridgehead atoms. The van der Waals surface area contributed by atoms with E-state index in [0.29, 0.717) is 15.6 Å². The lowest BCUT2D eigenvalue weighted by Gasteiger charge is -2.15. The summed E-state index contributed by atoms with van der Waals surface area (Å²) in [5, 5.41) is 22.6. The molecule has 0 heterocycles. The number of phenolic OH excluding ortho intramolecular Hbond substituents is 1. The summed E-state index contributed by atoms with van der Waals surface area (Å²) in [5.41, 5.74) is 1.16. The standard InChI is InChI=1S/C16H15Cl2NO3/c17-12-2-1-3-13(18)16(12)14(21)9-19-15(22)8-10-4-6-11(20)7-5-10/h1-7,14,20-21H,8-9H2,(H,19,22). The van der Waals surface area contributed by atoms with Gasteiger partial charge < -0.3 is 15.5 Å². The summed E-state index contributed by atoms with van der Waals surface area (Å²) < 4.78 is 0. The van der Waals surface area contributed by atoms with Crippen molar-refractivity contribution in [1.82, 2.24) is 5.32 Å². The third-order valence-electron chi connectivity index (χ3n) is 3.13. The van der Waals surface area contributed by atoms with Gasteiger partial charge in [0, 0.05) is 22.2 Å². The molecule has 0 radical (unpaired) electrons. The van der Waals surface area contributed by atoms with Crippen molar-refractivity contribution in [3.8, 4) is 5.75 Å². The number of phenols is 1. The normalized spacial score (nSPS) is 12.0. The molecule has 3 N–H and O–H groups in total. The highest BCUT2D eigenvalue weighted by Gasteiger charge is 2.16. The summed E-state index contributed by atoms with van der Waals surface area (Å²) >= 11 is 12.0. The van der Waals surface area contributed by atoms with Crippen LogP contribution in [-0.2, 0) is 11.2 Å². The van der Waals surface area contributed by atoms with Crippen molar-refractivity contribution >= 4 is 29.1 Å². The molecule has 0 spiro atoms. The lowest BCUT2D eigenvalue weighted by Crippen LogP contribution is -2.29. The number of halogens is 2. The van der Waals surface area contributed by atoms with E-state index in [2.05, 4.69) is 5.32 Å². The van der Waals surface area contributed by atoms with Gasteiger partial charge in [-0.15, -0.1) is 0 Å². The Morgan fingerprint density at radius 2 is 1.68 bits per heavy atom. The molecule has 2 aromatic rings. The van der Waals surface area contributed by atoms with Crippen LogP contribution in [0.3, 0.4) is 0 Å². The third kappa shape index (κ3) is 4.37. The van der Waals surface area contributed by atoms with E-state index >= 15 is 0 Å². The second kappa shape index (κ2) is 7.49. The number of carbonyl (C=O) groups excluding carboxylic acids is 1. The lowest BCUT2D eigenvalue weighted by molar-refractivity contribution is -0.120. The molecule has 0 saturated heterocycles. The summed E-state index contributed by atoms with van der Waals surface area (Å²) in [6.07, 6.45) is -0.826. The predicted molar refractivity (Wildman–Crippen MR) is 86.2 cm³/mol. The van der Waals surface area contributed by atoms with Crippen molar-refractivity contribution in [2.24, 2.45) is 0 Å². The molecule has 0 fully saturated rings. The quantitative estimate of drug-likeness (QED) is 0.783. The molecular weight excluding hydrogens is 325 g/mol. The molecule has 0 saturated carbocycles. The smallest absolute Gasteiger partial charge is 0.224 e. The number of aliphatic hydroxyl groups is 1. The molecule has 0 aliphatic heterocycles. The zero-order valence-corrected chi connectivity index (χ0v) is 13.1. The van der Waals surface area contributed by atoms with Gasteiger partial charge in [0.05, 0.1) is 12.5 Å². The first-order valence-electron chi connectivity index (χ1n) is 6.64. The summed E-state index contributed by atoms with van der Waals surface area (Å²) in [7, 11) is 0. The number of nitrogens with one attached hydrogen (secondary N) is 1. The fraction of sp³-hybridized carbons (Fsp3) is 0.188. The van der Waals surface area contributed by atoms with Gasteiger partial charge in [-0.3, -0.25) is 4.79 Å². The minimum absolute atomic E-state index is 0.0143. The molecule has 2 rings (SSSR count). The van der Waals surface area contributed by atoms with Crippen LogP contribution in [0.15, 0.2) is 42.5 Å². The van der Waals surface area contributed by atoms with E-state index in [1.807, 2.05) is 0 Å². The number of rotatable bonds is 5. The van der Waals surface area contributed by atoms with Crippen LogP contribution in [0, 0.1) is 0 Å². The molecule has 2 aromatic carbocycles. The van der Waals surface area contributed by atoms with Gasteiger partial charge in [-0.25, -0.2) is 0 Å². The number of benzene rings is 2. The van der Waals surface area contributed by atoms with E-state index < -0.39 is 6.10 Å². The number of aromatic hydroxyl groups is 1. The number of hydrogen-bond donors (Lipinski definition) is 3. The molecule has 1 unspecified atom stereocenters. The molecule has 0 aliphatic carbocycles. The minimum atomic E-state index is -0.982. The highest BCUT2D eigenvalue weighted by atomic mass is 35.5. The van der Waals surface area contributed by atoms with E-state index in [1.54, 1.807) is 30.3 Å². The Hall–Kier alpha value is -1.75. The molecule has 1 atom stereocenters. The molecule has 1 amide bonds. The first-order chi connectivity index (χ1) is 10.5. The first kappa shape index (κ1) is 16.6. The molecule has 0 aliphatic rings. The van der Waals surface area contributed by atoms with Gasteiger partial charge in [-0.2, -0.15) is 0 Å². The molecule has 6 heteroatoms. The fourth-order valence-electron chi connectivity index (χ4n) is 2.00. The van der Waals surface area contributed by atoms with Crippen LogP contribution in [0.4, 0.5) is 0 Å². The van der Waals surface area contributed by atoms with Crippen LogP contribution in [0.5, 0.6) is 5.75 Å². The lowest BCUT2D eigenvalue weighted by atomic mass is 10.1. The Labute approximate surface area is 138 Å². The highest BCUT2D eigenvalue weighted by Crippen LogP contribution is 2.29. The highest BCUT2D eigenvalue weighted by molar-refractivity contribution is 6.36. The molecule has 0 aromatic heterocycles. The van der Waals surface area contributed by atoms with Gasteiger partial charge in [-0.05, 0) is 29.8 Å². The van der Waals surface area contributed by atoms with Crippen molar-refractivity contribution in [1.29, 1.82) is 0 Å². The van der Waals surface area contributed by atoms with Crippen LogP contribution in [0.25, 0.3) is 0 Å². The Morgan fingerprint density at radius 3 is 2.27 bits per heavy atom. The van der Waals surface area contributed by atoms with Crippen molar-refractivity contribution in [3.05, 3.63) is 63.6 Å². The maximum Gasteiger partial charge on any atom is 0.224 e. The maximum atomic E-state index is 11.9. The van der Waals surface area contributed by atoms with E-state index in [0.717, 1.165) is 5.56 Å². The van der Waals surface area contributed by atoms with Crippen molar-refractivity contribution in [3.63, 3.8) is 0 Å². The van der Waals surface area contributed by atoms with Crippen LogP contribution in [-0.4, -0.2) is 22.7 Å². The SMILES string of the molecule is O=C(Cc1ccc(O)cc1)NCC(O)c1c(Cl)cccc1Cl. The van der Waals surface area contributed by atoms with E-state index in [1.165, 1.54) is 12.1 Å². The summed E-state index contributed by atoms with van der Waals surface area (Å²) in [6.45, 7) is 0.0143. The second-order valence-electron chi connectivity index (χ2n) is 4.80. The zero-order chi connectivity index (χ0) is 16.1. The largest absolute Gasteiger partial charge is 0.508 e. The van der Waals surface area contributed by atoms with Crippen molar-refractivity contribution in [2.45, 2.75) is 12.5 Å². The molecule has 22 heavy (non-hydrogen) atoms. The van der Waals surface area contributed by atoms with Gasteiger partial charge in [0.2, 0.25) is 5.91 Å². The third-order valence-corrected chi connectivity index (χ3v) is 3.79. The topological polar surface area (TPSA) is 69.6 Å².